The summed E-state index contributed by atoms with van der Waals surface area (Å²) in [5, 5.41) is 1.92. The molecule has 0 atom stereocenters. The van der Waals surface area contributed by atoms with Gasteiger partial charge in [-0.05, 0) is 68.3 Å². The minimum Gasteiger partial charge on any atom is -0.493 e. The van der Waals surface area contributed by atoms with Crippen LogP contribution in [0.2, 0.25) is 0 Å². The predicted molar refractivity (Wildman–Crippen MR) is 168 cm³/mol. The first-order valence-corrected chi connectivity index (χ1v) is 16.6. The Hall–Kier alpha value is -3.21. The lowest BCUT2D eigenvalue weighted by Gasteiger charge is -2.27. The van der Waals surface area contributed by atoms with Crippen LogP contribution < -0.4 is 9.64 Å². The van der Waals surface area contributed by atoms with Crippen LogP contribution in [-0.4, -0.2) is 51.4 Å². The molecule has 0 aliphatic rings. The van der Waals surface area contributed by atoms with Crippen LogP contribution in [0, 0.1) is 20.8 Å². The highest BCUT2D eigenvalue weighted by atomic mass is 32.2. The van der Waals surface area contributed by atoms with Crippen LogP contribution in [0.4, 0.5) is 5.69 Å². The van der Waals surface area contributed by atoms with E-state index in [0.29, 0.717) is 41.3 Å². The van der Waals surface area contributed by atoms with Crippen LogP contribution >= 0.6 is 11.3 Å². The maximum absolute atomic E-state index is 13.8. The van der Waals surface area contributed by atoms with Crippen molar-refractivity contribution in [1.82, 2.24) is 4.31 Å². The molecule has 0 saturated heterocycles. The Morgan fingerprint density at radius 2 is 1.60 bits per heavy atom. The highest BCUT2D eigenvalue weighted by Gasteiger charge is 2.29. The first-order valence-electron chi connectivity index (χ1n) is 14.3. The van der Waals surface area contributed by atoms with Gasteiger partial charge in [-0.2, -0.15) is 4.31 Å². The molecular formula is C32H42N2O6S2. The Balaban J connectivity index is 1.96. The molecule has 0 spiro atoms. The lowest BCUT2D eigenvalue weighted by atomic mass is 10.1. The average molecular weight is 615 g/mol. The van der Waals surface area contributed by atoms with E-state index in [-0.39, 0.29) is 18.0 Å². The van der Waals surface area contributed by atoms with Gasteiger partial charge in [0.05, 0.1) is 31.2 Å². The third-order valence-electron chi connectivity index (χ3n) is 6.81. The van der Waals surface area contributed by atoms with Crippen LogP contribution in [0.5, 0.6) is 5.75 Å². The van der Waals surface area contributed by atoms with Gasteiger partial charge in [0, 0.05) is 23.7 Å². The van der Waals surface area contributed by atoms with Crippen LogP contribution in [0.15, 0.2) is 52.7 Å². The second-order valence-corrected chi connectivity index (χ2v) is 13.4. The molecule has 1 amide bonds. The fourth-order valence-corrected chi connectivity index (χ4v) is 6.87. The number of esters is 1. The van der Waals surface area contributed by atoms with Crippen molar-refractivity contribution in [2.24, 2.45) is 0 Å². The summed E-state index contributed by atoms with van der Waals surface area (Å²) in [6.07, 6.45) is 3.38. The van der Waals surface area contributed by atoms with E-state index in [0.717, 1.165) is 40.4 Å². The van der Waals surface area contributed by atoms with E-state index in [1.807, 2.05) is 50.4 Å². The van der Waals surface area contributed by atoms with Gasteiger partial charge < -0.3 is 14.4 Å². The second kappa shape index (κ2) is 15.3. The number of carbonyl (C=O) groups excluding carboxylic acids is 2. The fraction of sp³-hybridized carbons (Fsp3) is 0.438. The zero-order valence-electron chi connectivity index (χ0n) is 25.4. The summed E-state index contributed by atoms with van der Waals surface area (Å²) in [4.78, 5) is 29.4. The molecule has 8 nitrogen and oxygen atoms in total. The normalized spacial score (nSPS) is 11.5. The zero-order chi connectivity index (χ0) is 30.9. The quantitative estimate of drug-likeness (QED) is 0.140. The van der Waals surface area contributed by atoms with Crippen LogP contribution in [-0.2, 0) is 26.1 Å². The van der Waals surface area contributed by atoms with E-state index in [4.69, 9.17) is 9.47 Å². The van der Waals surface area contributed by atoms with Gasteiger partial charge in [-0.25, -0.2) is 13.2 Å². The Labute approximate surface area is 254 Å². The van der Waals surface area contributed by atoms with Crippen LogP contribution in [0.3, 0.4) is 0 Å². The molecule has 0 N–H and O–H groups in total. The van der Waals surface area contributed by atoms with Gasteiger partial charge in [0.2, 0.25) is 15.9 Å². The summed E-state index contributed by atoms with van der Waals surface area (Å²) in [7, 11) is -2.52. The number of unbranched alkanes of at least 4 members (excludes halogenated alkanes) is 2. The van der Waals surface area contributed by atoms with E-state index >= 15 is 0 Å². The van der Waals surface area contributed by atoms with Crippen molar-refractivity contribution in [2.45, 2.75) is 71.7 Å². The van der Waals surface area contributed by atoms with Crippen LogP contribution in [0.25, 0.3) is 0 Å². The molecule has 1 heterocycles. The Kier molecular flexibility index (Phi) is 12.1. The molecule has 10 heteroatoms. The minimum atomic E-state index is -3.94. The monoisotopic (exact) mass is 614 g/mol. The number of likely N-dealkylation sites (N-methyl/N-ethyl adjacent to an activating group) is 1. The van der Waals surface area contributed by atoms with Gasteiger partial charge in [-0.1, -0.05) is 50.5 Å². The lowest BCUT2D eigenvalue weighted by Crippen LogP contribution is -2.41. The molecule has 0 saturated carbocycles. The first-order chi connectivity index (χ1) is 20.0. The molecule has 0 bridgehead atoms. The van der Waals surface area contributed by atoms with Crippen molar-refractivity contribution in [3.8, 4) is 5.75 Å². The van der Waals surface area contributed by atoms with Gasteiger partial charge >= 0.3 is 5.97 Å². The summed E-state index contributed by atoms with van der Waals surface area (Å²) >= 11 is 1.50. The molecule has 228 valence electrons. The Bertz CT molecular complexity index is 1450. The molecule has 3 aromatic rings. The Morgan fingerprint density at radius 1 is 0.929 bits per heavy atom. The third kappa shape index (κ3) is 8.42. The number of amides is 1. The van der Waals surface area contributed by atoms with E-state index in [2.05, 4.69) is 0 Å². The second-order valence-electron chi connectivity index (χ2n) is 10.4. The molecule has 0 radical (unpaired) electrons. The topological polar surface area (TPSA) is 93.2 Å². The lowest BCUT2D eigenvalue weighted by molar-refractivity contribution is -0.118. The molecular weight excluding hydrogens is 572 g/mol. The van der Waals surface area contributed by atoms with Gasteiger partial charge in [-0.15, -0.1) is 11.3 Å². The molecule has 0 fully saturated rings. The van der Waals surface area contributed by atoms with Crippen molar-refractivity contribution in [3.63, 3.8) is 0 Å². The third-order valence-corrected chi connectivity index (χ3v) is 9.78. The summed E-state index contributed by atoms with van der Waals surface area (Å²) in [5.41, 5.74) is 3.03. The number of carbonyl (C=O) groups is 2. The first kappa shape index (κ1) is 33.3. The van der Waals surface area contributed by atoms with Crippen molar-refractivity contribution < 1.29 is 27.5 Å². The van der Waals surface area contributed by atoms with Gasteiger partial charge in [-0.3, -0.25) is 4.79 Å². The zero-order valence-corrected chi connectivity index (χ0v) is 27.1. The van der Waals surface area contributed by atoms with E-state index in [1.54, 1.807) is 32.0 Å². The number of hydrogen-bond donors (Lipinski definition) is 0. The predicted octanol–water partition coefficient (Wildman–Crippen LogP) is 6.66. The molecule has 1 aromatic heterocycles. The molecule has 2 aromatic carbocycles. The summed E-state index contributed by atoms with van der Waals surface area (Å²) in [6.45, 7) is 10.1. The molecule has 3 rings (SSSR count). The number of sulfonamides is 1. The minimum absolute atomic E-state index is 0.214. The van der Waals surface area contributed by atoms with Crippen molar-refractivity contribution >= 4 is 38.9 Å². The molecule has 42 heavy (non-hydrogen) atoms. The SMILES string of the molecule is CCCCOC(=O)c1ccc(N(Cc2cccs2)C(=O)CN(C)S(=O)(=O)c2c(C)cc(C)cc2C)cc1OCCCC. The fourth-order valence-electron chi connectivity index (χ4n) is 4.65. The standard InChI is InChI=1S/C32H42N2O6S2/c1-7-9-15-39-29-20-26(13-14-28(29)32(36)40-16-10-8-2)34(21-27-12-11-17-41-27)30(35)22-33(6)42(37,38)31-24(4)18-23(3)19-25(31)5/h11-14,17-20H,7-10,15-16,21-22H2,1-6H3. The molecule has 0 aliphatic carbocycles. The highest BCUT2D eigenvalue weighted by Crippen LogP contribution is 2.30. The summed E-state index contributed by atoms with van der Waals surface area (Å²) in [6, 6.07) is 12.4. The maximum atomic E-state index is 13.8. The maximum Gasteiger partial charge on any atom is 0.341 e. The smallest absolute Gasteiger partial charge is 0.341 e. The number of aryl methyl sites for hydroxylation is 3. The van der Waals surface area contributed by atoms with Crippen molar-refractivity contribution in [3.05, 3.63) is 75.0 Å². The van der Waals surface area contributed by atoms with Crippen LogP contribution in [0.1, 0.15) is 71.5 Å². The molecule has 0 aliphatic heterocycles. The number of anilines is 1. The number of benzene rings is 2. The van der Waals surface area contributed by atoms with E-state index in [9.17, 15) is 18.0 Å². The van der Waals surface area contributed by atoms with Gasteiger partial charge in [0.1, 0.15) is 11.3 Å². The highest BCUT2D eigenvalue weighted by molar-refractivity contribution is 7.89. The number of nitrogens with zero attached hydrogens (tertiary/aromatic N) is 2. The Morgan fingerprint density at radius 3 is 2.21 bits per heavy atom. The number of thiophene rings is 1. The van der Waals surface area contributed by atoms with E-state index in [1.165, 1.54) is 23.3 Å². The van der Waals surface area contributed by atoms with Crippen molar-refractivity contribution in [2.75, 3.05) is 31.7 Å². The summed E-state index contributed by atoms with van der Waals surface area (Å²) < 4.78 is 39.8. The molecule has 0 unspecified atom stereocenters. The average Bonchev–Trinajstić information content (AvgIpc) is 3.44. The van der Waals surface area contributed by atoms with Gasteiger partial charge in [0.25, 0.3) is 0 Å². The summed E-state index contributed by atoms with van der Waals surface area (Å²) in [5.74, 6) is -0.555. The number of rotatable bonds is 15. The number of ether oxygens (including phenoxy) is 2. The number of hydrogen-bond acceptors (Lipinski definition) is 7. The van der Waals surface area contributed by atoms with E-state index < -0.39 is 21.9 Å². The van der Waals surface area contributed by atoms with Gasteiger partial charge in [0.15, 0.2) is 0 Å². The van der Waals surface area contributed by atoms with Crippen molar-refractivity contribution in [1.29, 1.82) is 0 Å². The largest absolute Gasteiger partial charge is 0.493 e.